The topological polar surface area (TPSA) is 57.2 Å². The van der Waals surface area contributed by atoms with Gasteiger partial charge in [0.1, 0.15) is 24.7 Å². The van der Waals surface area contributed by atoms with Crippen molar-refractivity contribution in [3.05, 3.63) is 155 Å². The van der Waals surface area contributed by atoms with E-state index in [0.29, 0.717) is 36.0 Å². The molecule has 5 rings (SSSR count). The van der Waals surface area contributed by atoms with Gasteiger partial charge in [0, 0.05) is 12.1 Å². The number of carbonyl (C=O) groups excluding carboxylic acids is 1. The second-order valence-corrected chi connectivity index (χ2v) is 11.6. The van der Waals surface area contributed by atoms with Crippen LogP contribution in [0.4, 0.5) is 0 Å². The molecule has 0 radical (unpaired) electrons. The maximum absolute atomic E-state index is 13.1. The van der Waals surface area contributed by atoms with E-state index < -0.39 is 0 Å². The third kappa shape index (κ3) is 9.14. The average Bonchev–Trinajstić information content (AvgIpc) is 3.13. The van der Waals surface area contributed by atoms with Gasteiger partial charge < -0.3 is 23.8 Å². The molecule has 0 aliphatic heterocycles. The summed E-state index contributed by atoms with van der Waals surface area (Å²) in [5.74, 6) is 2.38. The molecule has 0 unspecified atom stereocenters. The van der Waals surface area contributed by atoms with Crippen molar-refractivity contribution in [1.29, 1.82) is 0 Å². The fraction of sp³-hybridized carbons (Fsp3) is 0.214. The van der Waals surface area contributed by atoms with Gasteiger partial charge in [-0.3, -0.25) is 4.79 Å². The Labute approximate surface area is 284 Å². The van der Waals surface area contributed by atoms with Crippen LogP contribution in [0.3, 0.4) is 0 Å². The summed E-state index contributed by atoms with van der Waals surface area (Å²) in [6.07, 6.45) is 0.854. The summed E-state index contributed by atoms with van der Waals surface area (Å²) < 4.78 is 23.4. The lowest BCUT2D eigenvalue weighted by molar-refractivity contribution is 0.0921. The van der Waals surface area contributed by atoms with E-state index in [2.05, 4.69) is 60.4 Å². The molecule has 0 fully saturated rings. The first-order valence-electron chi connectivity index (χ1n) is 16.2. The molecule has 0 spiro atoms. The van der Waals surface area contributed by atoms with Crippen LogP contribution in [0.1, 0.15) is 46.0 Å². The van der Waals surface area contributed by atoms with Crippen molar-refractivity contribution in [2.45, 2.75) is 20.0 Å². The Bertz CT molecular complexity index is 1780. The molecule has 5 aromatic carbocycles. The van der Waals surface area contributed by atoms with Gasteiger partial charge in [0.05, 0.1) is 7.11 Å². The molecule has 246 valence electrons. The second-order valence-electron chi connectivity index (χ2n) is 11.6. The molecule has 0 bridgehead atoms. The number of ketones is 1. The SMILES string of the molecule is CCC(=C(c1ccc(OCCN(C)C)cc1)c1ccc(OCC(=O)c2ccc(OCc3ccccc3)c(OC)c2)cc1)c1ccccc1. The Balaban J connectivity index is 1.30. The molecule has 0 aliphatic rings. The van der Waals surface area contributed by atoms with Crippen LogP contribution >= 0.6 is 0 Å². The molecule has 0 aromatic heterocycles. The summed E-state index contributed by atoms with van der Waals surface area (Å²) >= 11 is 0. The molecule has 5 aromatic rings. The van der Waals surface area contributed by atoms with Gasteiger partial charge in [0.25, 0.3) is 0 Å². The summed E-state index contributed by atoms with van der Waals surface area (Å²) in [7, 11) is 5.64. The Kier molecular flexibility index (Phi) is 12.0. The Morgan fingerprint density at radius 3 is 1.79 bits per heavy atom. The first kappa shape index (κ1) is 34.0. The Morgan fingerprint density at radius 1 is 0.625 bits per heavy atom. The highest BCUT2D eigenvalue weighted by molar-refractivity contribution is 5.99. The minimum Gasteiger partial charge on any atom is -0.493 e. The lowest BCUT2D eigenvalue weighted by Crippen LogP contribution is -2.19. The highest BCUT2D eigenvalue weighted by Crippen LogP contribution is 2.36. The highest BCUT2D eigenvalue weighted by Gasteiger charge is 2.15. The molecule has 0 saturated carbocycles. The summed E-state index contributed by atoms with van der Waals surface area (Å²) in [6, 6.07) is 41.8. The molecular formula is C42H43NO5. The lowest BCUT2D eigenvalue weighted by atomic mass is 9.88. The molecular weight excluding hydrogens is 598 g/mol. The fourth-order valence-electron chi connectivity index (χ4n) is 5.39. The van der Waals surface area contributed by atoms with E-state index in [4.69, 9.17) is 18.9 Å². The van der Waals surface area contributed by atoms with Gasteiger partial charge in [0.15, 0.2) is 23.9 Å². The Hall–Kier alpha value is -5.33. The zero-order valence-electron chi connectivity index (χ0n) is 28.1. The quantitative estimate of drug-likeness (QED) is 0.0793. The summed E-state index contributed by atoms with van der Waals surface area (Å²) in [5, 5.41) is 0. The standard InChI is InChI=1S/C42H43NO5/c1-5-38(32-14-10-7-11-15-32)42(33-16-21-36(22-17-33)46-27-26-43(2)3)34-18-23-37(24-19-34)47-30-39(44)35-20-25-40(41(28-35)45-4)48-29-31-12-8-6-9-13-31/h6-25,28H,5,26-27,29-30H2,1-4H3. The minimum atomic E-state index is -0.155. The van der Waals surface area contributed by atoms with Crippen molar-refractivity contribution >= 4 is 16.9 Å². The molecule has 6 nitrogen and oxygen atoms in total. The van der Waals surface area contributed by atoms with Crippen LogP contribution in [-0.2, 0) is 6.61 Å². The van der Waals surface area contributed by atoms with Crippen molar-refractivity contribution in [2.75, 3.05) is 41.0 Å². The average molecular weight is 642 g/mol. The van der Waals surface area contributed by atoms with Gasteiger partial charge >= 0.3 is 0 Å². The van der Waals surface area contributed by atoms with E-state index in [-0.39, 0.29) is 12.4 Å². The number of hydrogen-bond acceptors (Lipinski definition) is 6. The maximum atomic E-state index is 13.1. The molecule has 0 atom stereocenters. The number of nitrogens with zero attached hydrogens (tertiary/aromatic N) is 1. The first-order chi connectivity index (χ1) is 23.4. The lowest BCUT2D eigenvalue weighted by Gasteiger charge is -2.17. The van der Waals surface area contributed by atoms with Gasteiger partial charge in [-0.1, -0.05) is 91.9 Å². The van der Waals surface area contributed by atoms with Crippen molar-refractivity contribution in [3.63, 3.8) is 0 Å². The number of benzene rings is 5. The van der Waals surface area contributed by atoms with E-state index in [9.17, 15) is 4.79 Å². The van der Waals surface area contributed by atoms with Gasteiger partial charge in [-0.05, 0) is 96.4 Å². The van der Waals surface area contributed by atoms with Crippen LogP contribution in [0.2, 0.25) is 0 Å². The van der Waals surface area contributed by atoms with E-state index in [0.717, 1.165) is 41.0 Å². The van der Waals surface area contributed by atoms with Gasteiger partial charge in [0.2, 0.25) is 0 Å². The zero-order chi connectivity index (χ0) is 33.7. The van der Waals surface area contributed by atoms with E-state index in [1.54, 1.807) is 25.3 Å². The largest absolute Gasteiger partial charge is 0.493 e. The van der Waals surface area contributed by atoms with E-state index in [1.165, 1.54) is 11.1 Å². The van der Waals surface area contributed by atoms with Crippen LogP contribution < -0.4 is 18.9 Å². The van der Waals surface area contributed by atoms with Gasteiger partial charge in [-0.25, -0.2) is 0 Å². The van der Waals surface area contributed by atoms with E-state index >= 15 is 0 Å². The molecule has 0 saturated heterocycles. The van der Waals surface area contributed by atoms with Crippen LogP contribution in [-0.4, -0.2) is 51.6 Å². The number of carbonyl (C=O) groups is 1. The van der Waals surface area contributed by atoms with Gasteiger partial charge in [-0.2, -0.15) is 0 Å². The number of hydrogen-bond donors (Lipinski definition) is 0. The van der Waals surface area contributed by atoms with E-state index in [1.807, 2.05) is 74.8 Å². The normalized spacial score (nSPS) is 11.5. The third-order valence-corrected chi connectivity index (χ3v) is 7.96. The third-order valence-electron chi connectivity index (χ3n) is 7.96. The van der Waals surface area contributed by atoms with Crippen molar-refractivity contribution in [3.8, 4) is 23.0 Å². The first-order valence-corrected chi connectivity index (χ1v) is 16.2. The molecule has 0 aliphatic carbocycles. The molecule has 0 amide bonds. The summed E-state index contributed by atoms with van der Waals surface area (Å²) in [6.45, 7) is 3.97. The number of allylic oxidation sites excluding steroid dienone is 1. The number of ether oxygens (including phenoxy) is 4. The zero-order valence-corrected chi connectivity index (χ0v) is 28.1. The smallest absolute Gasteiger partial charge is 0.200 e. The minimum absolute atomic E-state index is 0.102. The van der Waals surface area contributed by atoms with Crippen LogP contribution in [0.25, 0.3) is 11.1 Å². The molecule has 6 heteroatoms. The van der Waals surface area contributed by atoms with Gasteiger partial charge in [-0.15, -0.1) is 0 Å². The number of methoxy groups -OCH3 is 1. The predicted molar refractivity (Wildman–Crippen MR) is 193 cm³/mol. The number of Topliss-reactive ketones (excluding diaryl/α,β-unsaturated/α-hetero) is 1. The molecule has 48 heavy (non-hydrogen) atoms. The van der Waals surface area contributed by atoms with Crippen molar-refractivity contribution in [2.24, 2.45) is 0 Å². The summed E-state index contributed by atoms with van der Waals surface area (Å²) in [5.41, 5.74) is 7.27. The second kappa shape index (κ2) is 17.0. The number of rotatable bonds is 16. The summed E-state index contributed by atoms with van der Waals surface area (Å²) in [4.78, 5) is 15.2. The predicted octanol–water partition coefficient (Wildman–Crippen LogP) is 8.85. The van der Waals surface area contributed by atoms with Crippen LogP contribution in [0.15, 0.2) is 127 Å². The fourth-order valence-corrected chi connectivity index (χ4v) is 5.39. The van der Waals surface area contributed by atoms with Crippen molar-refractivity contribution < 1.29 is 23.7 Å². The number of likely N-dealkylation sites (N-methyl/N-ethyl adjacent to an activating group) is 1. The van der Waals surface area contributed by atoms with Crippen LogP contribution in [0, 0.1) is 0 Å². The van der Waals surface area contributed by atoms with Crippen LogP contribution in [0.5, 0.6) is 23.0 Å². The molecule has 0 N–H and O–H groups in total. The maximum Gasteiger partial charge on any atom is 0.200 e. The highest BCUT2D eigenvalue weighted by atomic mass is 16.5. The monoisotopic (exact) mass is 641 g/mol. The Morgan fingerprint density at radius 2 is 1.21 bits per heavy atom. The van der Waals surface area contributed by atoms with Crippen molar-refractivity contribution in [1.82, 2.24) is 4.90 Å². The molecule has 0 heterocycles.